The van der Waals surface area contributed by atoms with E-state index in [1.165, 1.54) is 19.2 Å². The van der Waals surface area contributed by atoms with Gasteiger partial charge in [0.25, 0.3) is 0 Å². The first-order valence-electron chi connectivity index (χ1n) is 11.4. The SMILES string of the molecule is COC(=O)C(Cc1ccccc1)C(=O)NC(Cc1ccc(NS(=O)(=O)O)cc1)c1csc(C2CC2)n1. The molecule has 1 aromatic heterocycles. The van der Waals surface area contributed by atoms with Crippen molar-refractivity contribution in [1.29, 1.82) is 0 Å². The molecule has 2 unspecified atom stereocenters. The highest BCUT2D eigenvalue weighted by molar-refractivity contribution is 7.87. The number of nitrogens with one attached hydrogen (secondary N) is 2. The van der Waals surface area contributed by atoms with Gasteiger partial charge in [-0.25, -0.2) is 4.98 Å². The van der Waals surface area contributed by atoms with Gasteiger partial charge >= 0.3 is 16.3 Å². The number of hydrogen-bond acceptors (Lipinski definition) is 7. The van der Waals surface area contributed by atoms with Crippen LogP contribution in [0.5, 0.6) is 0 Å². The van der Waals surface area contributed by atoms with E-state index in [9.17, 15) is 18.0 Å². The molecule has 2 aromatic carbocycles. The Morgan fingerprint density at radius 1 is 1.08 bits per heavy atom. The number of carbonyl (C=O) groups excluding carboxylic acids is 2. The van der Waals surface area contributed by atoms with Crippen LogP contribution >= 0.6 is 11.3 Å². The van der Waals surface area contributed by atoms with Crippen molar-refractivity contribution in [1.82, 2.24) is 10.3 Å². The van der Waals surface area contributed by atoms with Crippen LogP contribution in [-0.2, 0) is 37.5 Å². The fraction of sp³-hybridized carbons (Fsp3) is 0.320. The third-order valence-electron chi connectivity index (χ3n) is 5.87. The molecule has 1 amide bonds. The number of carbonyl (C=O) groups is 2. The Balaban J connectivity index is 1.55. The van der Waals surface area contributed by atoms with Gasteiger partial charge in [0.15, 0.2) is 0 Å². The number of nitrogens with zero attached hydrogens (tertiary/aromatic N) is 1. The zero-order chi connectivity index (χ0) is 25.7. The van der Waals surface area contributed by atoms with Crippen LogP contribution in [0.4, 0.5) is 5.69 Å². The van der Waals surface area contributed by atoms with Gasteiger partial charge in [0.2, 0.25) is 5.91 Å². The van der Waals surface area contributed by atoms with Gasteiger partial charge in [0, 0.05) is 11.3 Å². The minimum Gasteiger partial charge on any atom is -0.468 e. The molecule has 1 aliphatic rings. The number of anilines is 1. The lowest BCUT2D eigenvalue weighted by atomic mass is 9.97. The van der Waals surface area contributed by atoms with Gasteiger partial charge in [0.1, 0.15) is 5.92 Å². The molecule has 0 bridgehead atoms. The molecule has 36 heavy (non-hydrogen) atoms. The fourth-order valence-corrected chi connectivity index (χ4v) is 5.33. The highest BCUT2D eigenvalue weighted by Crippen LogP contribution is 2.42. The van der Waals surface area contributed by atoms with E-state index >= 15 is 0 Å². The van der Waals surface area contributed by atoms with Crippen molar-refractivity contribution in [3.8, 4) is 0 Å². The molecule has 4 rings (SSSR count). The van der Waals surface area contributed by atoms with Crippen molar-refractivity contribution >= 4 is 39.2 Å². The van der Waals surface area contributed by atoms with Crippen molar-refractivity contribution < 1.29 is 27.3 Å². The maximum atomic E-state index is 13.3. The lowest BCUT2D eigenvalue weighted by Gasteiger charge is -2.21. The average molecular weight is 530 g/mol. The van der Waals surface area contributed by atoms with E-state index in [4.69, 9.17) is 14.3 Å². The Labute approximate surface area is 213 Å². The van der Waals surface area contributed by atoms with Gasteiger partial charge in [-0.2, -0.15) is 8.42 Å². The van der Waals surface area contributed by atoms with E-state index in [0.717, 1.165) is 29.0 Å². The van der Waals surface area contributed by atoms with Crippen molar-refractivity contribution in [2.45, 2.75) is 37.6 Å². The van der Waals surface area contributed by atoms with Crippen LogP contribution in [0.1, 0.15) is 46.6 Å². The molecule has 0 saturated heterocycles. The number of amides is 1. The van der Waals surface area contributed by atoms with Crippen LogP contribution in [0.3, 0.4) is 0 Å². The number of ether oxygens (including phenoxy) is 1. The Morgan fingerprint density at radius 2 is 1.75 bits per heavy atom. The predicted octanol–water partition coefficient (Wildman–Crippen LogP) is 3.67. The first kappa shape index (κ1) is 25.8. The first-order valence-corrected chi connectivity index (χ1v) is 13.8. The third-order valence-corrected chi connectivity index (χ3v) is 7.38. The van der Waals surface area contributed by atoms with E-state index in [1.54, 1.807) is 23.5 Å². The third kappa shape index (κ3) is 7.12. The lowest BCUT2D eigenvalue weighted by molar-refractivity contribution is -0.150. The molecule has 0 aliphatic heterocycles. The number of thiazole rings is 1. The van der Waals surface area contributed by atoms with Crippen molar-refractivity contribution in [3.05, 3.63) is 81.8 Å². The second-order valence-electron chi connectivity index (χ2n) is 8.69. The molecule has 1 aliphatic carbocycles. The van der Waals surface area contributed by atoms with Gasteiger partial charge in [-0.3, -0.25) is 18.9 Å². The zero-order valence-electron chi connectivity index (χ0n) is 19.6. The zero-order valence-corrected chi connectivity index (χ0v) is 21.2. The van der Waals surface area contributed by atoms with E-state index in [2.05, 4.69) is 5.32 Å². The molecule has 190 valence electrons. The molecule has 2 atom stereocenters. The summed E-state index contributed by atoms with van der Waals surface area (Å²) in [6, 6.07) is 15.2. The molecular formula is C25H27N3O6S2. The highest BCUT2D eigenvalue weighted by Gasteiger charge is 2.32. The van der Waals surface area contributed by atoms with Crippen LogP contribution in [0.25, 0.3) is 0 Å². The van der Waals surface area contributed by atoms with Crippen LogP contribution < -0.4 is 10.0 Å². The summed E-state index contributed by atoms with van der Waals surface area (Å²) < 4.78 is 38.0. The minimum absolute atomic E-state index is 0.201. The topological polar surface area (TPSA) is 135 Å². The smallest absolute Gasteiger partial charge is 0.357 e. The van der Waals surface area contributed by atoms with E-state index < -0.39 is 34.1 Å². The molecule has 0 spiro atoms. The quantitative estimate of drug-likeness (QED) is 0.196. The summed E-state index contributed by atoms with van der Waals surface area (Å²) in [5, 5.41) is 5.96. The van der Waals surface area contributed by atoms with E-state index in [0.29, 0.717) is 18.0 Å². The molecule has 3 N–H and O–H groups in total. The van der Waals surface area contributed by atoms with Gasteiger partial charge < -0.3 is 10.1 Å². The average Bonchev–Trinajstić information content (AvgIpc) is 3.59. The predicted molar refractivity (Wildman–Crippen MR) is 136 cm³/mol. The minimum atomic E-state index is -4.38. The van der Waals surface area contributed by atoms with E-state index in [1.807, 2.05) is 40.4 Å². The van der Waals surface area contributed by atoms with Crippen LogP contribution in [0.2, 0.25) is 0 Å². The number of rotatable bonds is 11. The number of methoxy groups -OCH3 is 1. The first-order chi connectivity index (χ1) is 17.2. The highest BCUT2D eigenvalue weighted by atomic mass is 32.2. The Kier molecular flexibility index (Phi) is 8.02. The molecule has 3 aromatic rings. The molecule has 1 fully saturated rings. The standard InChI is InChI=1S/C25H27N3O6S2/c1-34-25(30)20(13-16-5-3-2-4-6-16)23(29)26-21(22-15-35-24(27-22)18-9-10-18)14-17-7-11-19(12-8-17)28-36(31,32)33/h2-8,11-12,15,18,20-21,28H,9-10,13-14H2,1H3,(H,26,29)(H,31,32,33). The summed E-state index contributed by atoms with van der Waals surface area (Å²) in [6.07, 6.45) is 2.78. The van der Waals surface area contributed by atoms with Crippen molar-refractivity contribution in [2.75, 3.05) is 11.8 Å². The maximum absolute atomic E-state index is 13.3. The van der Waals surface area contributed by atoms with Gasteiger partial charge in [-0.15, -0.1) is 11.3 Å². The fourth-order valence-electron chi connectivity index (χ4n) is 3.85. The molecule has 11 heteroatoms. The summed E-state index contributed by atoms with van der Waals surface area (Å²) in [5.74, 6) is -1.64. The summed E-state index contributed by atoms with van der Waals surface area (Å²) >= 11 is 1.56. The summed E-state index contributed by atoms with van der Waals surface area (Å²) in [7, 11) is -3.12. The maximum Gasteiger partial charge on any atom is 0.357 e. The lowest BCUT2D eigenvalue weighted by Crippen LogP contribution is -2.40. The van der Waals surface area contributed by atoms with Crippen LogP contribution in [-0.4, -0.2) is 36.9 Å². The summed E-state index contributed by atoms with van der Waals surface area (Å²) in [5.41, 5.74) is 2.56. The van der Waals surface area contributed by atoms with Crippen LogP contribution in [0.15, 0.2) is 60.0 Å². The van der Waals surface area contributed by atoms with Crippen molar-refractivity contribution in [3.63, 3.8) is 0 Å². The van der Waals surface area contributed by atoms with Gasteiger partial charge in [-0.05, 0) is 48.9 Å². The number of esters is 1. The second-order valence-corrected chi connectivity index (χ2v) is 10.7. The molecule has 1 heterocycles. The van der Waals surface area contributed by atoms with Crippen molar-refractivity contribution in [2.24, 2.45) is 5.92 Å². The van der Waals surface area contributed by atoms with E-state index in [-0.39, 0.29) is 12.1 Å². The molecule has 9 nitrogen and oxygen atoms in total. The Hall–Kier alpha value is -3.28. The van der Waals surface area contributed by atoms with Gasteiger partial charge in [-0.1, -0.05) is 42.5 Å². The Bertz CT molecular complexity index is 1310. The molecule has 0 radical (unpaired) electrons. The number of hydrogen-bond donors (Lipinski definition) is 3. The monoisotopic (exact) mass is 529 g/mol. The number of aromatic nitrogens is 1. The normalized spacial score (nSPS) is 15.1. The Morgan fingerprint density at radius 3 is 2.36 bits per heavy atom. The van der Waals surface area contributed by atoms with Gasteiger partial charge in [0.05, 0.1) is 29.5 Å². The molecule has 1 saturated carbocycles. The summed E-state index contributed by atoms with van der Waals surface area (Å²) in [4.78, 5) is 30.6. The summed E-state index contributed by atoms with van der Waals surface area (Å²) in [6.45, 7) is 0. The van der Waals surface area contributed by atoms with Crippen LogP contribution in [0, 0.1) is 5.92 Å². The largest absolute Gasteiger partial charge is 0.468 e. The second kappa shape index (κ2) is 11.2. The molecular weight excluding hydrogens is 502 g/mol. The number of benzene rings is 2.